The normalized spacial score (nSPS) is 16.1. The van der Waals surface area contributed by atoms with Crippen LogP contribution in [0.2, 0.25) is 5.02 Å². The number of ether oxygens (including phenoxy) is 2. The van der Waals surface area contributed by atoms with Crippen LogP contribution in [-0.4, -0.2) is 68.5 Å². The van der Waals surface area contributed by atoms with Gasteiger partial charge < -0.3 is 24.6 Å². The number of nitro groups is 1. The minimum Gasteiger partial charge on any atom is -0.378 e. The summed E-state index contributed by atoms with van der Waals surface area (Å²) in [5, 5.41) is 17.9. The maximum Gasteiger partial charge on any atom is 0.293 e. The number of nitro benzene ring substituents is 1. The molecule has 2 N–H and O–H groups in total. The van der Waals surface area contributed by atoms with Crippen molar-refractivity contribution in [3.63, 3.8) is 0 Å². The van der Waals surface area contributed by atoms with Gasteiger partial charge in [-0.15, -0.1) is 0 Å². The number of carbonyl (C=O) groups is 1. The quantitative estimate of drug-likeness (QED) is 0.360. The number of amides is 1. The Kier molecular flexibility index (Phi) is 7.78. The standard InChI is InChI=1S/C22H24ClN5O5S/c23-16-2-1-3-17(20(16)27-8-12-33-13-9-27)24-22(34)25-21(29)15-4-5-18(19(14-15)28(30)31)26-6-10-32-11-7-26/h1-5,14H,6-13H2,(H2,24,25,29,34). The maximum absolute atomic E-state index is 12.8. The molecule has 0 spiro atoms. The third-order valence-corrected chi connectivity index (χ3v) is 6.08. The molecular weight excluding hydrogens is 482 g/mol. The predicted molar refractivity (Wildman–Crippen MR) is 134 cm³/mol. The number of morpholine rings is 2. The van der Waals surface area contributed by atoms with E-state index in [0.717, 1.165) is 5.69 Å². The van der Waals surface area contributed by atoms with Gasteiger partial charge in [-0.2, -0.15) is 0 Å². The number of halogens is 1. The predicted octanol–water partition coefficient (Wildman–Crippen LogP) is 3.05. The summed E-state index contributed by atoms with van der Waals surface area (Å²) in [4.78, 5) is 28.0. The first kappa shape index (κ1) is 24.1. The van der Waals surface area contributed by atoms with Crippen LogP contribution in [0.3, 0.4) is 0 Å². The molecule has 0 aromatic heterocycles. The zero-order valence-electron chi connectivity index (χ0n) is 18.3. The van der Waals surface area contributed by atoms with E-state index in [1.54, 1.807) is 24.3 Å². The monoisotopic (exact) mass is 505 g/mol. The molecule has 2 heterocycles. The first-order valence-corrected chi connectivity index (χ1v) is 11.6. The number of hydrogen-bond donors (Lipinski definition) is 2. The van der Waals surface area contributed by atoms with Crippen LogP contribution in [0.4, 0.5) is 22.7 Å². The molecule has 2 fully saturated rings. The molecule has 0 bridgehead atoms. The van der Waals surface area contributed by atoms with Crippen molar-refractivity contribution < 1.29 is 19.2 Å². The van der Waals surface area contributed by atoms with E-state index in [1.807, 2.05) is 11.0 Å². The van der Waals surface area contributed by atoms with Crippen molar-refractivity contribution in [3.05, 3.63) is 57.1 Å². The highest BCUT2D eigenvalue weighted by Crippen LogP contribution is 2.34. The molecule has 0 unspecified atom stereocenters. The van der Waals surface area contributed by atoms with Crippen LogP contribution < -0.4 is 20.4 Å². The van der Waals surface area contributed by atoms with E-state index in [4.69, 9.17) is 33.3 Å². The molecule has 2 aliphatic rings. The first-order chi connectivity index (χ1) is 16.4. The second-order valence-corrected chi connectivity index (χ2v) is 8.52. The number of anilines is 3. The van der Waals surface area contributed by atoms with Gasteiger partial charge >= 0.3 is 0 Å². The summed E-state index contributed by atoms with van der Waals surface area (Å²) in [5.41, 5.74) is 1.87. The summed E-state index contributed by atoms with van der Waals surface area (Å²) in [6.45, 7) is 4.62. The number of para-hydroxylation sites is 1. The number of nitrogens with zero attached hydrogens (tertiary/aromatic N) is 3. The smallest absolute Gasteiger partial charge is 0.293 e. The van der Waals surface area contributed by atoms with Crippen LogP contribution in [0.1, 0.15) is 10.4 Å². The summed E-state index contributed by atoms with van der Waals surface area (Å²) < 4.78 is 10.7. The van der Waals surface area contributed by atoms with Gasteiger partial charge in [0.1, 0.15) is 5.69 Å². The average Bonchev–Trinajstić information content (AvgIpc) is 2.84. The molecule has 34 heavy (non-hydrogen) atoms. The Morgan fingerprint density at radius 2 is 1.68 bits per heavy atom. The molecule has 0 saturated carbocycles. The van der Waals surface area contributed by atoms with Crippen LogP contribution >= 0.6 is 23.8 Å². The first-order valence-electron chi connectivity index (χ1n) is 10.8. The minimum atomic E-state index is -0.552. The van der Waals surface area contributed by atoms with Gasteiger partial charge in [-0.05, 0) is 36.5 Å². The molecule has 2 aromatic carbocycles. The van der Waals surface area contributed by atoms with Crippen LogP contribution in [0.15, 0.2) is 36.4 Å². The van der Waals surface area contributed by atoms with Crippen LogP contribution in [0.5, 0.6) is 0 Å². The molecule has 0 aliphatic carbocycles. The third-order valence-electron chi connectivity index (χ3n) is 5.58. The highest BCUT2D eigenvalue weighted by atomic mass is 35.5. The molecule has 180 valence electrons. The lowest BCUT2D eigenvalue weighted by atomic mass is 10.1. The number of rotatable bonds is 5. The Labute approximate surface area is 206 Å². The molecule has 10 nitrogen and oxygen atoms in total. The van der Waals surface area contributed by atoms with Crippen molar-refractivity contribution in [2.24, 2.45) is 0 Å². The van der Waals surface area contributed by atoms with Gasteiger partial charge in [0.2, 0.25) is 0 Å². The fourth-order valence-corrected chi connectivity index (χ4v) is 4.43. The van der Waals surface area contributed by atoms with Crippen LogP contribution in [0, 0.1) is 10.1 Å². The Morgan fingerprint density at radius 3 is 2.32 bits per heavy atom. The average molecular weight is 506 g/mol. The van der Waals surface area contributed by atoms with E-state index >= 15 is 0 Å². The highest BCUT2D eigenvalue weighted by molar-refractivity contribution is 7.80. The fraction of sp³-hybridized carbons (Fsp3) is 0.364. The largest absolute Gasteiger partial charge is 0.378 e. The van der Waals surface area contributed by atoms with Gasteiger partial charge in [0.05, 0.1) is 47.7 Å². The Bertz CT molecular complexity index is 1090. The van der Waals surface area contributed by atoms with E-state index in [-0.39, 0.29) is 16.4 Å². The molecule has 1 amide bonds. The summed E-state index contributed by atoms with van der Waals surface area (Å²) in [5.74, 6) is -0.552. The number of hydrogen-bond acceptors (Lipinski definition) is 8. The van der Waals surface area contributed by atoms with Crippen molar-refractivity contribution in [2.75, 3.05) is 67.7 Å². The number of thiocarbonyl (C=S) groups is 1. The highest BCUT2D eigenvalue weighted by Gasteiger charge is 2.24. The molecule has 2 saturated heterocycles. The van der Waals surface area contributed by atoms with Crippen molar-refractivity contribution in [1.82, 2.24) is 5.32 Å². The van der Waals surface area contributed by atoms with Crippen molar-refractivity contribution >= 4 is 57.6 Å². The van der Waals surface area contributed by atoms with Crippen LogP contribution in [-0.2, 0) is 9.47 Å². The van der Waals surface area contributed by atoms with E-state index in [1.165, 1.54) is 6.07 Å². The fourth-order valence-electron chi connectivity index (χ4n) is 3.94. The van der Waals surface area contributed by atoms with Gasteiger partial charge in [-0.1, -0.05) is 17.7 Å². The lowest BCUT2D eigenvalue weighted by molar-refractivity contribution is -0.384. The van der Waals surface area contributed by atoms with Crippen LogP contribution in [0.25, 0.3) is 0 Å². The molecule has 0 radical (unpaired) electrons. The number of benzene rings is 2. The second-order valence-electron chi connectivity index (χ2n) is 7.70. The van der Waals surface area contributed by atoms with Gasteiger partial charge in [-0.3, -0.25) is 20.2 Å². The Hall–Kier alpha value is -2.99. The Balaban J connectivity index is 1.48. The number of nitrogens with one attached hydrogen (secondary N) is 2. The summed E-state index contributed by atoms with van der Waals surface area (Å²) in [6.07, 6.45) is 0. The maximum atomic E-state index is 12.8. The Morgan fingerprint density at radius 1 is 1.03 bits per heavy atom. The zero-order chi connectivity index (χ0) is 24.1. The topological polar surface area (TPSA) is 109 Å². The van der Waals surface area contributed by atoms with E-state index in [9.17, 15) is 14.9 Å². The zero-order valence-corrected chi connectivity index (χ0v) is 19.9. The van der Waals surface area contributed by atoms with Gasteiger partial charge in [0.25, 0.3) is 11.6 Å². The van der Waals surface area contributed by atoms with Crippen molar-refractivity contribution in [2.45, 2.75) is 0 Å². The SMILES string of the molecule is O=C(NC(=S)Nc1cccc(Cl)c1N1CCOCC1)c1ccc(N2CCOCC2)c([N+](=O)[O-])c1. The molecule has 0 atom stereocenters. The molecule has 2 aromatic rings. The van der Waals surface area contributed by atoms with E-state index in [0.29, 0.717) is 69.0 Å². The number of carbonyl (C=O) groups excluding carboxylic acids is 1. The van der Waals surface area contributed by atoms with Crippen molar-refractivity contribution in [1.29, 1.82) is 0 Å². The van der Waals surface area contributed by atoms with Gasteiger partial charge in [-0.25, -0.2) is 0 Å². The second kappa shape index (κ2) is 11.0. The third kappa shape index (κ3) is 5.55. The minimum absolute atomic E-state index is 0.0571. The lowest BCUT2D eigenvalue weighted by Gasteiger charge is -2.31. The summed E-state index contributed by atoms with van der Waals surface area (Å²) in [7, 11) is 0. The molecule has 4 rings (SSSR count). The van der Waals surface area contributed by atoms with E-state index in [2.05, 4.69) is 15.5 Å². The summed E-state index contributed by atoms with van der Waals surface area (Å²) >= 11 is 11.8. The molecule has 2 aliphatic heterocycles. The van der Waals surface area contributed by atoms with Gasteiger partial charge in [0, 0.05) is 37.8 Å². The molecular formula is C22H24ClN5O5S. The van der Waals surface area contributed by atoms with E-state index < -0.39 is 10.8 Å². The van der Waals surface area contributed by atoms with Gasteiger partial charge in [0.15, 0.2) is 5.11 Å². The summed E-state index contributed by atoms with van der Waals surface area (Å²) in [6, 6.07) is 9.79. The molecule has 12 heteroatoms. The lowest BCUT2D eigenvalue weighted by Crippen LogP contribution is -2.38. The van der Waals surface area contributed by atoms with Crippen molar-refractivity contribution in [3.8, 4) is 0 Å².